The number of ether oxygens (including phenoxy) is 2. The van der Waals surface area contributed by atoms with Crippen LogP contribution in [0, 0.1) is 12.8 Å². The van der Waals surface area contributed by atoms with E-state index in [-0.39, 0.29) is 12.0 Å². The van der Waals surface area contributed by atoms with Crippen LogP contribution in [0.1, 0.15) is 49.8 Å². The van der Waals surface area contributed by atoms with Crippen molar-refractivity contribution >= 4 is 5.97 Å². The first kappa shape index (κ1) is 22.6. The Morgan fingerprint density at radius 2 is 2.09 bits per heavy atom. The first-order valence-corrected chi connectivity index (χ1v) is 11.1. The summed E-state index contributed by atoms with van der Waals surface area (Å²) in [6, 6.07) is 5.45. The van der Waals surface area contributed by atoms with Gasteiger partial charge in [-0.25, -0.2) is 9.97 Å². The van der Waals surface area contributed by atoms with Crippen LogP contribution >= 0.6 is 0 Å². The monoisotopic (exact) mass is 452 g/mol. The number of carbonyl (C=O) groups is 1. The van der Waals surface area contributed by atoms with Gasteiger partial charge in [0, 0.05) is 19.3 Å². The smallest absolute Gasteiger partial charge is 0.306 e. The van der Waals surface area contributed by atoms with Gasteiger partial charge in [0.2, 0.25) is 5.88 Å². The van der Waals surface area contributed by atoms with Crippen molar-refractivity contribution in [2.75, 3.05) is 6.61 Å². The molecule has 0 aliphatic heterocycles. The molecule has 0 spiro atoms. The van der Waals surface area contributed by atoms with Crippen LogP contribution in [0.25, 0.3) is 11.4 Å². The lowest BCUT2D eigenvalue weighted by Gasteiger charge is -2.27. The predicted molar refractivity (Wildman–Crippen MR) is 119 cm³/mol. The van der Waals surface area contributed by atoms with Gasteiger partial charge in [-0.15, -0.1) is 5.10 Å². The molecule has 1 fully saturated rings. The van der Waals surface area contributed by atoms with Crippen molar-refractivity contribution in [3.05, 3.63) is 41.6 Å². The molecule has 1 aliphatic rings. The van der Waals surface area contributed by atoms with Gasteiger partial charge in [0.15, 0.2) is 0 Å². The highest BCUT2D eigenvalue weighted by molar-refractivity contribution is 5.70. The summed E-state index contributed by atoms with van der Waals surface area (Å²) in [4.78, 5) is 24.8. The lowest BCUT2D eigenvalue weighted by molar-refractivity contribution is -0.143. The molecule has 4 rings (SSSR count). The van der Waals surface area contributed by atoms with Crippen molar-refractivity contribution in [1.82, 2.24) is 29.9 Å². The Morgan fingerprint density at radius 1 is 1.24 bits per heavy atom. The van der Waals surface area contributed by atoms with Gasteiger partial charge in [-0.05, 0) is 51.7 Å². The molecule has 33 heavy (non-hydrogen) atoms. The Bertz CT molecular complexity index is 1130. The maximum absolute atomic E-state index is 11.3. The summed E-state index contributed by atoms with van der Waals surface area (Å²) in [5, 5.41) is 17.8. The van der Waals surface area contributed by atoms with E-state index in [0.717, 1.165) is 24.2 Å². The zero-order chi connectivity index (χ0) is 23.4. The first-order valence-electron chi connectivity index (χ1n) is 11.1. The highest BCUT2D eigenvalue weighted by Crippen LogP contribution is 2.30. The van der Waals surface area contributed by atoms with E-state index in [0.29, 0.717) is 54.7 Å². The summed E-state index contributed by atoms with van der Waals surface area (Å²) in [7, 11) is 1.82. The average molecular weight is 453 g/mol. The molecule has 0 aromatic carbocycles. The van der Waals surface area contributed by atoms with Crippen molar-refractivity contribution < 1.29 is 19.4 Å². The Labute approximate surface area is 192 Å². The highest BCUT2D eigenvalue weighted by atomic mass is 16.5. The number of carboxylic acids is 1. The maximum atomic E-state index is 11.3. The molecule has 0 radical (unpaired) electrons. The van der Waals surface area contributed by atoms with Crippen LogP contribution in [0.4, 0.5) is 0 Å². The Morgan fingerprint density at radius 3 is 2.85 bits per heavy atom. The van der Waals surface area contributed by atoms with Crippen molar-refractivity contribution in [2.24, 2.45) is 13.0 Å². The molecule has 10 nitrogen and oxygen atoms in total. The van der Waals surface area contributed by atoms with Crippen molar-refractivity contribution in [3.63, 3.8) is 0 Å². The largest absolute Gasteiger partial charge is 0.489 e. The van der Waals surface area contributed by atoms with Gasteiger partial charge in [-0.2, -0.15) is 4.98 Å². The molecule has 3 aromatic heterocycles. The maximum Gasteiger partial charge on any atom is 0.306 e. The van der Waals surface area contributed by atoms with Crippen LogP contribution in [0.5, 0.6) is 11.6 Å². The number of aryl methyl sites for hydroxylation is 2. The Balaban J connectivity index is 1.53. The number of carboxylic acid groups (broad SMARTS) is 1. The van der Waals surface area contributed by atoms with Crippen LogP contribution in [0.15, 0.2) is 24.4 Å². The van der Waals surface area contributed by atoms with Crippen molar-refractivity contribution in [2.45, 2.75) is 52.1 Å². The van der Waals surface area contributed by atoms with Crippen LogP contribution in [-0.4, -0.2) is 53.7 Å². The average Bonchev–Trinajstić information content (AvgIpc) is 3.16. The standard InChI is InChI=1S/C23H28N6O4/c1-4-32-21-10-11-24-20(26-21)13-18-22(27-28-29(18)3)17-8-9-19(14(2)25-17)33-16-7-5-6-15(12-16)23(30)31/h8-11,15-16H,4-7,12-13H2,1-3H3,(H,30,31)/t15-,16-/m0/s1. The van der Waals surface area contributed by atoms with Gasteiger partial charge in [0.05, 0.1) is 42.1 Å². The minimum atomic E-state index is -0.751. The fraction of sp³-hybridized carbons (Fsp3) is 0.478. The summed E-state index contributed by atoms with van der Waals surface area (Å²) in [6.07, 6.45) is 4.90. The van der Waals surface area contributed by atoms with Gasteiger partial charge in [0.1, 0.15) is 17.3 Å². The lowest BCUT2D eigenvalue weighted by Crippen LogP contribution is -2.29. The topological polar surface area (TPSA) is 125 Å². The molecule has 0 bridgehead atoms. The van der Waals surface area contributed by atoms with E-state index in [1.54, 1.807) is 16.9 Å². The molecule has 174 valence electrons. The molecule has 1 aliphatic carbocycles. The summed E-state index contributed by atoms with van der Waals surface area (Å²) in [6.45, 7) is 4.32. The Kier molecular flexibility index (Phi) is 6.81. The number of aliphatic carboxylic acids is 1. The van der Waals surface area contributed by atoms with Gasteiger partial charge in [-0.3, -0.25) is 9.48 Å². The number of aromatic nitrogens is 6. The lowest BCUT2D eigenvalue weighted by atomic mass is 9.87. The molecular weight excluding hydrogens is 424 g/mol. The molecule has 0 amide bonds. The van der Waals surface area contributed by atoms with Gasteiger partial charge in [-0.1, -0.05) is 5.21 Å². The van der Waals surface area contributed by atoms with Crippen molar-refractivity contribution in [3.8, 4) is 23.0 Å². The predicted octanol–water partition coefficient (Wildman–Crippen LogP) is 2.99. The van der Waals surface area contributed by atoms with Gasteiger partial charge < -0.3 is 14.6 Å². The van der Waals surface area contributed by atoms with E-state index in [9.17, 15) is 9.90 Å². The van der Waals surface area contributed by atoms with Crippen molar-refractivity contribution in [1.29, 1.82) is 0 Å². The molecule has 0 saturated heterocycles. The quantitative estimate of drug-likeness (QED) is 0.549. The number of hydrogen-bond donors (Lipinski definition) is 1. The van der Waals surface area contributed by atoms with E-state index >= 15 is 0 Å². The van der Waals surface area contributed by atoms with Gasteiger partial charge >= 0.3 is 5.97 Å². The third-order valence-corrected chi connectivity index (χ3v) is 5.79. The molecular formula is C23H28N6O4. The van der Waals surface area contributed by atoms with E-state index in [1.807, 2.05) is 33.0 Å². The third kappa shape index (κ3) is 5.27. The Hall–Kier alpha value is -3.56. The SMILES string of the molecule is CCOc1ccnc(Cc2c(-c3ccc(O[C@H]4CCC[C@H](C(=O)O)C4)c(C)n3)nnn2C)n1. The number of pyridine rings is 1. The summed E-state index contributed by atoms with van der Waals surface area (Å²) < 4.78 is 13.3. The van der Waals surface area contributed by atoms with Crippen LogP contribution in [0.2, 0.25) is 0 Å². The number of rotatable bonds is 8. The van der Waals surface area contributed by atoms with Crippen LogP contribution in [-0.2, 0) is 18.3 Å². The fourth-order valence-corrected chi connectivity index (χ4v) is 4.08. The minimum Gasteiger partial charge on any atom is -0.489 e. The third-order valence-electron chi connectivity index (χ3n) is 5.79. The van der Waals surface area contributed by atoms with Crippen LogP contribution in [0.3, 0.4) is 0 Å². The molecule has 2 atom stereocenters. The number of hydrogen-bond acceptors (Lipinski definition) is 8. The molecule has 10 heteroatoms. The zero-order valence-electron chi connectivity index (χ0n) is 19.1. The minimum absolute atomic E-state index is 0.118. The summed E-state index contributed by atoms with van der Waals surface area (Å²) in [5.74, 6) is 0.700. The molecule has 3 aromatic rings. The van der Waals surface area contributed by atoms with E-state index in [2.05, 4.69) is 20.3 Å². The fourth-order valence-electron chi connectivity index (χ4n) is 4.08. The second-order valence-corrected chi connectivity index (χ2v) is 8.15. The van der Waals surface area contributed by atoms with E-state index < -0.39 is 5.97 Å². The van der Waals surface area contributed by atoms with E-state index in [1.165, 1.54) is 0 Å². The zero-order valence-corrected chi connectivity index (χ0v) is 19.1. The normalized spacial score (nSPS) is 18.2. The summed E-state index contributed by atoms with van der Waals surface area (Å²) in [5.41, 5.74) is 2.88. The molecule has 1 N–H and O–H groups in total. The second kappa shape index (κ2) is 9.93. The highest BCUT2D eigenvalue weighted by Gasteiger charge is 2.28. The molecule has 1 saturated carbocycles. The number of nitrogens with zero attached hydrogens (tertiary/aromatic N) is 6. The van der Waals surface area contributed by atoms with E-state index in [4.69, 9.17) is 14.5 Å². The second-order valence-electron chi connectivity index (χ2n) is 8.15. The van der Waals surface area contributed by atoms with Gasteiger partial charge in [0.25, 0.3) is 0 Å². The molecule has 3 heterocycles. The first-order chi connectivity index (χ1) is 15.9. The van der Waals surface area contributed by atoms with Crippen LogP contribution < -0.4 is 9.47 Å². The molecule has 0 unspecified atom stereocenters. The summed E-state index contributed by atoms with van der Waals surface area (Å²) >= 11 is 0.